The Kier molecular flexibility index (Phi) is 10.1. The van der Waals surface area contributed by atoms with Gasteiger partial charge in [0, 0.05) is 67.9 Å². The number of carbonyl (C=O) groups excluding carboxylic acids is 1. The van der Waals surface area contributed by atoms with Crippen molar-refractivity contribution in [1.29, 1.82) is 0 Å². The van der Waals surface area contributed by atoms with Crippen LogP contribution < -0.4 is 14.4 Å². The van der Waals surface area contributed by atoms with Gasteiger partial charge in [-0.2, -0.15) is 0 Å². The number of hydrogen-bond donors (Lipinski definition) is 1. The van der Waals surface area contributed by atoms with E-state index in [0.717, 1.165) is 114 Å². The van der Waals surface area contributed by atoms with Crippen LogP contribution in [0.4, 0.5) is 5.69 Å². The summed E-state index contributed by atoms with van der Waals surface area (Å²) >= 11 is 6.51. The second kappa shape index (κ2) is 14.4. The van der Waals surface area contributed by atoms with E-state index in [0.29, 0.717) is 30.0 Å². The molecule has 0 radical (unpaired) electrons. The number of nitrogens with one attached hydrogen (secondary N) is 1. The first kappa shape index (κ1) is 36.6. The Hall–Kier alpha value is -2.37. The normalized spacial score (nSPS) is 35.6. The second-order valence-electron chi connectivity index (χ2n) is 17.4. The first-order chi connectivity index (χ1) is 24.9. The SMILES string of the molecule is C[C@@H]1[C@@H](C)CCC[C@@](C)(CN2CCN3CCOC[C@@H]3C2)[C@@H]2CC[C@H]2CN2C[C@@]3(CCCc4cc(Cl)ccc43)COc3ccc(cc32)C(=O)NS1(=O)=O. The van der Waals surface area contributed by atoms with Crippen LogP contribution in [0.3, 0.4) is 0 Å². The number of sulfonamides is 1. The summed E-state index contributed by atoms with van der Waals surface area (Å²) in [6, 6.07) is 12.3. The summed E-state index contributed by atoms with van der Waals surface area (Å²) < 4.78 is 42.3. The number of ether oxygens (including phenoxy) is 2. The van der Waals surface area contributed by atoms with Gasteiger partial charge in [0.25, 0.3) is 5.91 Å². The fourth-order valence-corrected chi connectivity index (χ4v) is 12.2. The predicted octanol–water partition coefficient (Wildman–Crippen LogP) is 6.13. The summed E-state index contributed by atoms with van der Waals surface area (Å²) in [6.07, 6.45) is 8.29. The van der Waals surface area contributed by atoms with E-state index < -0.39 is 21.2 Å². The molecule has 52 heavy (non-hydrogen) atoms. The standard InChI is InChI=1S/C41H57ClN4O5S/c1-28-6-4-14-40(3,25-44-16-17-45-18-19-50-24-34(45)23-44)35-11-8-32(35)22-46-26-41(15-5-7-30-20-33(42)10-12-36(30)41)27-51-38-13-9-31(21-37(38)46)39(47)43-52(48,49)29(28)2/h9-10,12-13,20-21,28-29,32,34-35H,4-8,11,14-19,22-27H2,1-3H3,(H,43,47)/t28-,29+,32-,34-,35+,40-,41-/m0/s1. The number of nitrogens with zero attached hydrogens (tertiary/aromatic N) is 3. The van der Waals surface area contributed by atoms with E-state index in [4.69, 9.17) is 21.1 Å². The molecule has 7 atom stereocenters. The molecule has 1 spiro atoms. The Labute approximate surface area is 315 Å². The van der Waals surface area contributed by atoms with Crippen LogP contribution in [0.25, 0.3) is 0 Å². The molecular weight excluding hydrogens is 696 g/mol. The van der Waals surface area contributed by atoms with Gasteiger partial charge in [-0.15, -0.1) is 0 Å². The number of rotatable bonds is 2. The lowest BCUT2D eigenvalue weighted by molar-refractivity contribution is -0.0659. The first-order valence-corrected chi connectivity index (χ1v) is 21.8. The first-order valence-electron chi connectivity index (χ1n) is 19.8. The van der Waals surface area contributed by atoms with Crippen LogP contribution in [-0.4, -0.2) is 101 Å². The zero-order chi connectivity index (χ0) is 36.3. The van der Waals surface area contributed by atoms with Crippen molar-refractivity contribution < 1.29 is 22.7 Å². The number of fused-ring (bicyclic) bond motifs is 5. The van der Waals surface area contributed by atoms with Gasteiger partial charge in [0.05, 0.1) is 30.8 Å². The fourth-order valence-electron chi connectivity index (χ4n) is 10.7. The minimum Gasteiger partial charge on any atom is -0.490 e. The van der Waals surface area contributed by atoms with E-state index in [2.05, 4.69) is 38.5 Å². The Morgan fingerprint density at radius 1 is 1.00 bits per heavy atom. The van der Waals surface area contributed by atoms with E-state index in [1.807, 2.05) is 25.1 Å². The molecule has 1 saturated carbocycles. The Bertz CT molecular complexity index is 1770. The number of piperazine rings is 1. The smallest absolute Gasteiger partial charge is 0.264 e. The maximum atomic E-state index is 13.7. The van der Waals surface area contributed by atoms with Crippen LogP contribution >= 0.6 is 11.6 Å². The van der Waals surface area contributed by atoms with Crippen LogP contribution in [0.5, 0.6) is 5.75 Å². The molecule has 1 N–H and O–H groups in total. The maximum absolute atomic E-state index is 13.7. The van der Waals surface area contributed by atoms with E-state index >= 15 is 0 Å². The molecule has 3 fully saturated rings. The molecule has 9 nitrogen and oxygen atoms in total. The van der Waals surface area contributed by atoms with Crippen molar-refractivity contribution in [2.45, 2.75) is 88.8 Å². The molecule has 8 rings (SSSR count). The third-order valence-electron chi connectivity index (χ3n) is 14.1. The molecule has 11 heteroatoms. The summed E-state index contributed by atoms with van der Waals surface area (Å²) in [7, 11) is -3.89. The number of benzene rings is 2. The molecule has 2 bridgehead atoms. The van der Waals surface area contributed by atoms with Crippen LogP contribution in [0.1, 0.15) is 87.2 Å². The van der Waals surface area contributed by atoms with E-state index in [-0.39, 0.29) is 16.7 Å². The second-order valence-corrected chi connectivity index (χ2v) is 19.9. The van der Waals surface area contributed by atoms with Gasteiger partial charge < -0.3 is 14.4 Å². The van der Waals surface area contributed by atoms with Gasteiger partial charge >= 0.3 is 0 Å². The lowest BCUT2D eigenvalue weighted by atomic mass is 9.57. The van der Waals surface area contributed by atoms with Crippen LogP contribution in [0, 0.1) is 23.2 Å². The summed E-state index contributed by atoms with van der Waals surface area (Å²) in [5, 5.41) is 0.0776. The highest BCUT2D eigenvalue weighted by atomic mass is 35.5. The van der Waals surface area contributed by atoms with Crippen molar-refractivity contribution in [3.63, 3.8) is 0 Å². The van der Waals surface area contributed by atoms with Crippen molar-refractivity contribution in [1.82, 2.24) is 14.5 Å². The molecule has 4 aliphatic heterocycles. The molecule has 1 amide bonds. The summed E-state index contributed by atoms with van der Waals surface area (Å²) in [4.78, 5) is 21.5. The summed E-state index contributed by atoms with van der Waals surface area (Å²) in [5.41, 5.74) is 3.71. The third-order valence-corrected chi connectivity index (χ3v) is 16.3. The molecule has 2 aromatic carbocycles. The van der Waals surface area contributed by atoms with Crippen molar-refractivity contribution in [2.24, 2.45) is 23.2 Å². The highest BCUT2D eigenvalue weighted by Gasteiger charge is 2.48. The Morgan fingerprint density at radius 2 is 1.87 bits per heavy atom. The van der Waals surface area contributed by atoms with Crippen molar-refractivity contribution >= 4 is 33.2 Å². The van der Waals surface area contributed by atoms with Gasteiger partial charge in [-0.3, -0.25) is 14.6 Å². The van der Waals surface area contributed by atoms with Gasteiger partial charge in [-0.25, -0.2) is 13.1 Å². The van der Waals surface area contributed by atoms with E-state index in [1.54, 1.807) is 13.0 Å². The van der Waals surface area contributed by atoms with Gasteiger partial charge in [0.1, 0.15) is 5.75 Å². The van der Waals surface area contributed by atoms with E-state index in [1.165, 1.54) is 24.0 Å². The molecule has 284 valence electrons. The van der Waals surface area contributed by atoms with Crippen LogP contribution in [-0.2, 0) is 26.6 Å². The van der Waals surface area contributed by atoms with E-state index in [9.17, 15) is 13.2 Å². The minimum absolute atomic E-state index is 0.0806. The molecule has 6 aliphatic rings. The number of carbonyl (C=O) groups is 1. The third kappa shape index (κ3) is 7.00. The molecule has 2 aromatic rings. The van der Waals surface area contributed by atoms with Gasteiger partial charge in [-0.1, -0.05) is 37.9 Å². The van der Waals surface area contributed by atoms with Crippen LogP contribution in [0.15, 0.2) is 36.4 Å². The number of morpholine rings is 1. The minimum atomic E-state index is -3.89. The Morgan fingerprint density at radius 3 is 2.69 bits per heavy atom. The zero-order valence-electron chi connectivity index (χ0n) is 31.2. The number of anilines is 1. The largest absolute Gasteiger partial charge is 0.490 e. The van der Waals surface area contributed by atoms with Gasteiger partial charge in [0.2, 0.25) is 10.0 Å². The lowest BCUT2D eigenvalue weighted by Crippen LogP contribution is -2.60. The van der Waals surface area contributed by atoms with Gasteiger partial charge in [-0.05, 0) is 116 Å². The molecule has 4 heterocycles. The molecular formula is C41H57ClN4O5S. The monoisotopic (exact) mass is 752 g/mol. The van der Waals surface area contributed by atoms with Gasteiger partial charge in [0.15, 0.2) is 0 Å². The molecule has 0 aromatic heterocycles. The van der Waals surface area contributed by atoms with Crippen molar-refractivity contribution in [2.75, 3.05) is 70.5 Å². The van der Waals surface area contributed by atoms with Crippen LogP contribution in [0.2, 0.25) is 5.02 Å². The van der Waals surface area contributed by atoms with Crippen molar-refractivity contribution in [3.8, 4) is 5.75 Å². The summed E-state index contributed by atoms with van der Waals surface area (Å²) in [6.45, 7) is 15.5. The number of hydrogen-bond acceptors (Lipinski definition) is 8. The predicted molar refractivity (Wildman–Crippen MR) is 206 cm³/mol. The Balaban J connectivity index is 1.16. The summed E-state index contributed by atoms with van der Waals surface area (Å²) in [5.74, 6) is 1.14. The lowest BCUT2D eigenvalue weighted by Gasteiger charge is -2.54. The van der Waals surface area contributed by atoms with Crippen molar-refractivity contribution in [3.05, 3.63) is 58.1 Å². The topological polar surface area (TPSA) is 91.4 Å². The number of aryl methyl sites for hydroxylation is 1. The molecule has 2 aliphatic carbocycles. The molecule has 2 saturated heterocycles. The number of halogens is 1. The highest BCUT2D eigenvalue weighted by Crippen LogP contribution is 2.52. The molecule has 0 unspecified atom stereocenters. The highest BCUT2D eigenvalue weighted by molar-refractivity contribution is 7.90. The average molecular weight is 753 g/mol. The fraction of sp³-hybridized carbons (Fsp3) is 0.683. The quantitative estimate of drug-likeness (QED) is 0.392. The zero-order valence-corrected chi connectivity index (χ0v) is 32.8. The number of amides is 1. The average Bonchev–Trinajstić information content (AvgIpc) is 3.25. The maximum Gasteiger partial charge on any atom is 0.264 e.